The molecule has 2 unspecified atom stereocenters. The summed E-state index contributed by atoms with van der Waals surface area (Å²) < 4.78 is 0. The summed E-state index contributed by atoms with van der Waals surface area (Å²) in [5.74, 6) is -0.240. The highest BCUT2D eigenvalue weighted by molar-refractivity contribution is 7.10. The van der Waals surface area contributed by atoms with Crippen molar-refractivity contribution in [2.45, 2.75) is 25.4 Å². The molecule has 0 aliphatic rings. The Hall–Kier alpha value is -1.17. The fourth-order valence-electron chi connectivity index (χ4n) is 1.75. The predicted molar refractivity (Wildman–Crippen MR) is 79.6 cm³/mol. The molecule has 5 heteroatoms. The third-order valence-electron chi connectivity index (χ3n) is 3.11. The van der Waals surface area contributed by atoms with E-state index in [1.807, 2.05) is 41.3 Å². The monoisotopic (exact) mass is 295 g/mol. The van der Waals surface area contributed by atoms with Crippen LogP contribution in [0.25, 0.3) is 0 Å². The van der Waals surface area contributed by atoms with Crippen LogP contribution in [0.2, 0.25) is 0 Å². The van der Waals surface area contributed by atoms with Crippen LogP contribution >= 0.6 is 22.7 Å². The Kier molecular flexibility index (Phi) is 4.39. The number of hydrogen-bond acceptors (Lipinski definition) is 4. The second kappa shape index (κ2) is 5.86. The van der Waals surface area contributed by atoms with Crippen LogP contribution in [0.15, 0.2) is 34.3 Å². The molecule has 0 radical (unpaired) electrons. The molecule has 102 valence electrons. The van der Waals surface area contributed by atoms with Gasteiger partial charge in [0.2, 0.25) is 5.91 Å². The van der Waals surface area contributed by atoms with Gasteiger partial charge < -0.3 is 10.4 Å². The summed E-state index contributed by atoms with van der Waals surface area (Å²) in [6, 6.07) is 5.76. The zero-order valence-corrected chi connectivity index (χ0v) is 12.6. The Balaban J connectivity index is 1.94. The van der Waals surface area contributed by atoms with Gasteiger partial charge in [0.05, 0.1) is 12.5 Å². The molecule has 2 atom stereocenters. The first-order valence-corrected chi connectivity index (χ1v) is 7.89. The molecule has 2 aromatic heterocycles. The van der Waals surface area contributed by atoms with Crippen molar-refractivity contribution in [2.24, 2.45) is 0 Å². The topological polar surface area (TPSA) is 49.3 Å². The molecule has 0 saturated heterocycles. The van der Waals surface area contributed by atoms with Gasteiger partial charge in [-0.15, -0.1) is 11.3 Å². The van der Waals surface area contributed by atoms with Crippen molar-refractivity contribution in [3.8, 4) is 0 Å². The quantitative estimate of drug-likeness (QED) is 0.891. The van der Waals surface area contributed by atoms with Crippen molar-refractivity contribution in [3.63, 3.8) is 0 Å². The maximum absolute atomic E-state index is 12.0. The van der Waals surface area contributed by atoms with Crippen molar-refractivity contribution in [1.82, 2.24) is 5.32 Å². The lowest BCUT2D eigenvalue weighted by Crippen LogP contribution is -2.39. The highest BCUT2D eigenvalue weighted by atomic mass is 32.1. The molecule has 1 amide bonds. The zero-order valence-electron chi connectivity index (χ0n) is 10.9. The fraction of sp³-hybridized carbons (Fsp3) is 0.357. The average Bonchev–Trinajstić information content (AvgIpc) is 3.06. The first-order chi connectivity index (χ1) is 9.00. The summed E-state index contributed by atoms with van der Waals surface area (Å²) >= 11 is 3.10. The van der Waals surface area contributed by atoms with Gasteiger partial charge in [-0.3, -0.25) is 4.79 Å². The van der Waals surface area contributed by atoms with Crippen molar-refractivity contribution in [3.05, 3.63) is 44.8 Å². The number of hydrogen-bond donors (Lipinski definition) is 2. The van der Waals surface area contributed by atoms with Gasteiger partial charge in [0.25, 0.3) is 0 Å². The number of carbonyl (C=O) groups excluding carboxylic acids is 1. The van der Waals surface area contributed by atoms with E-state index >= 15 is 0 Å². The molecule has 0 fully saturated rings. The molecule has 3 nitrogen and oxygen atoms in total. The molecule has 0 bridgehead atoms. The fourth-order valence-corrected chi connectivity index (χ4v) is 3.32. The lowest BCUT2D eigenvalue weighted by Gasteiger charge is -2.23. The maximum atomic E-state index is 12.0. The summed E-state index contributed by atoms with van der Waals surface area (Å²) in [5, 5.41) is 18.9. The minimum Gasteiger partial charge on any atom is -0.384 e. The van der Waals surface area contributed by atoms with E-state index in [-0.39, 0.29) is 18.4 Å². The van der Waals surface area contributed by atoms with E-state index in [4.69, 9.17) is 0 Å². The molecule has 0 saturated carbocycles. The van der Waals surface area contributed by atoms with E-state index < -0.39 is 5.60 Å². The van der Waals surface area contributed by atoms with Crippen molar-refractivity contribution in [1.29, 1.82) is 0 Å². The van der Waals surface area contributed by atoms with Crippen LogP contribution in [-0.2, 0) is 10.4 Å². The molecule has 0 aliphatic heterocycles. The second-order valence-corrected chi connectivity index (χ2v) is 6.50. The molecule has 2 aromatic rings. The predicted octanol–water partition coefficient (Wildman–Crippen LogP) is 2.94. The van der Waals surface area contributed by atoms with E-state index in [0.29, 0.717) is 0 Å². The minimum absolute atomic E-state index is 0.0574. The summed E-state index contributed by atoms with van der Waals surface area (Å²) in [4.78, 5) is 13.1. The smallest absolute Gasteiger partial charge is 0.228 e. The van der Waals surface area contributed by atoms with Crippen molar-refractivity contribution in [2.75, 3.05) is 6.54 Å². The third-order valence-corrected chi connectivity index (χ3v) is 4.85. The molecule has 2 heterocycles. The van der Waals surface area contributed by atoms with E-state index in [1.54, 1.807) is 18.3 Å². The maximum Gasteiger partial charge on any atom is 0.228 e. The molecule has 0 aliphatic carbocycles. The molecule has 0 spiro atoms. The van der Waals surface area contributed by atoms with E-state index in [0.717, 1.165) is 10.4 Å². The lowest BCUT2D eigenvalue weighted by atomic mass is 9.99. The van der Waals surface area contributed by atoms with Gasteiger partial charge in [0.15, 0.2) is 0 Å². The summed E-state index contributed by atoms with van der Waals surface area (Å²) in [6.45, 7) is 3.81. The Morgan fingerprint density at radius 3 is 2.84 bits per heavy atom. The molecule has 2 rings (SSSR count). The van der Waals surface area contributed by atoms with E-state index in [9.17, 15) is 9.90 Å². The number of rotatable bonds is 5. The van der Waals surface area contributed by atoms with Gasteiger partial charge in [-0.2, -0.15) is 11.3 Å². The standard InChI is InChI=1S/C14H17NO2S2/c1-10(12-4-3-6-19-12)13(16)15-9-14(2,17)11-5-7-18-8-11/h3-8,10,17H,9H2,1-2H3,(H,15,16). The van der Waals surface area contributed by atoms with Crippen LogP contribution in [0.4, 0.5) is 0 Å². The number of thiophene rings is 2. The molecular formula is C14H17NO2S2. The number of aliphatic hydroxyl groups is 1. The van der Waals surface area contributed by atoms with Crippen molar-refractivity contribution < 1.29 is 9.90 Å². The van der Waals surface area contributed by atoms with Crippen LogP contribution < -0.4 is 5.32 Å². The van der Waals surface area contributed by atoms with Gasteiger partial charge in [-0.05, 0) is 47.7 Å². The third kappa shape index (κ3) is 3.43. The van der Waals surface area contributed by atoms with E-state index in [1.165, 1.54) is 11.3 Å². The number of carbonyl (C=O) groups is 1. The summed E-state index contributed by atoms with van der Waals surface area (Å²) in [5.41, 5.74) is -0.188. The van der Waals surface area contributed by atoms with Gasteiger partial charge >= 0.3 is 0 Å². The van der Waals surface area contributed by atoms with Crippen LogP contribution in [0, 0.1) is 0 Å². The van der Waals surface area contributed by atoms with E-state index in [2.05, 4.69) is 5.32 Å². The van der Waals surface area contributed by atoms with Gasteiger partial charge in [0, 0.05) is 4.88 Å². The number of nitrogens with one attached hydrogen (secondary N) is 1. The van der Waals surface area contributed by atoms with Crippen LogP contribution in [-0.4, -0.2) is 17.6 Å². The number of amides is 1. The Morgan fingerprint density at radius 1 is 1.47 bits per heavy atom. The van der Waals surface area contributed by atoms with Gasteiger partial charge in [-0.25, -0.2) is 0 Å². The van der Waals surface area contributed by atoms with Crippen LogP contribution in [0.1, 0.15) is 30.2 Å². The highest BCUT2D eigenvalue weighted by Crippen LogP contribution is 2.24. The Labute approximate surface area is 120 Å². The SMILES string of the molecule is CC(C(=O)NCC(C)(O)c1ccsc1)c1cccs1. The second-order valence-electron chi connectivity index (χ2n) is 4.74. The largest absolute Gasteiger partial charge is 0.384 e. The normalized spacial score (nSPS) is 15.7. The summed E-state index contributed by atoms with van der Waals surface area (Å²) in [6.07, 6.45) is 0. The summed E-state index contributed by atoms with van der Waals surface area (Å²) in [7, 11) is 0. The molecular weight excluding hydrogens is 278 g/mol. The zero-order chi connectivity index (χ0) is 13.9. The van der Waals surface area contributed by atoms with Crippen molar-refractivity contribution >= 4 is 28.6 Å². The van der Waals surface area contributed by atoms with Gasteiger partial charge in [0.1, 0.15) is 5.60 Å². The first-order valence-electron chi connectivity index (χ1n) is 6.07. The lowest BCUT2D eigenvalue weighted by molar-refractivity contribution is -0.123. The Morgan fingerprint density at radius 2 is 2.26 bits per heavy atom. The van der Waals surface area contributed by atoms with Crippen LogP contribution in [0.5, 0.6) is 0 Å². The molecule has 19 heavy (non-hydrogen) atoms. The van der Waals surface area contributed by atoms with Crippen LogP contribution in [0.3, 0.4) is 0 Å². The molecule has 2 N–H and O–H groups in total. The average molecular weight is 295 g/mol. The first kappa shape index (κ1) is 14.2. The van der Waals surface area contributed by atoms with Gasteiger partial charge in [-0.1, -0.05) is 6.07 Å². The highest BCUT2D eigenvalue weighted by Gasteiger charge is 2.25. The minimum atomic E-state index is -1.02. The molecule has 0 aromatic carbocycles. The Bertz CT molecular complexity index is 518.